The maximum atomic E-state index is 13.2. The summed E-state index contributed by atoms with van der Waals surface area (Å²) in [6, 6.07) is 18.6. The molecule has 6 heteroatoms. The molecule has 3 aromatic carbocycles. The first kappa shape index (κ1) is 18.0. The smallest absolute Gasteiger partial charge is 0.318 e. The summed E-state index contributed by atoms with van der Waals surface area (Å²) < 4.78 is 22.6. The number of carbonyl (C=O) groups is 1. The van der Waals surface area contributed by atoms with Gasteiger partial charge in [0.05, 0.1) is 6.61 Å². The second-order valence-corrected chi connectivity index (χ2v) is 7.32. The predicted octanol–water partition coefficient (Wildman–Crippen LogP) is 5.19. The van der Waals surface area contributed by atoms with Gasteiger partial charge in [-0.15, -0.1) is 0 Å². The molecule has 0 fully saturated rings. The zero-order chi connectivity index (χ0) is 19.8. The van der Waals surface area contributed by atoms with Crippen LogP contribution in [0.3, 0.4) is 0 Å². The van der Waals surface area contributed by atoms with Crippen LogP contribution in [0.1, 0.15) is 28.2 Å². The van der Waals surface area contributed by atoms with Gasteiger partial charge in [0.1, 0.15) is 29.8 Å². The lowest BCUT2D eigenvalue weighted by Crippen LogP contribution is -2.21. The van der Waals surface area contributed by atoms with Crippen molar-refractivity contribution in [3.63, 3.8) is 0 Å². The van der Waals surface area contributed by atoms with Crippen molar-refractivity contribution in [3.05, 3.63) is 87.9 Å². The minimum Gasteiger partial charge on any atom is -0.467 e. The van der Waals surface area contributed by atoms with Gasteiger partial charge < -0.3 is 18.9 Å². The molecule has 2 heterocycles. The molecule has 0 aliphatic carbocycles. The SMILES string of the molecule is O=C(OCc1cc(Cl)cc2c1OCOC2)C1c2ccccc2Oc2ccccc21. The first-order valence-electron chi connectivity index (χ1n) is 9.25. The Kier molecular flexibility index (Phi) is 4.62. The van der Waals surface area contributed by atoms with Crippen LogP contribution in [0, 0.1) is 0 Å². The van der Waals surface area contributed by atoms with E-state index in [1.165, 1.54) is 0 Å². The fourth-order valence-electron chi connectivity index (χ4n) is 3.76. The van der Waals surface area contributed by atoms with Gasteiger partial charge in [0.15, 0.2) is 6.79 Å². The third kappa shape index (κ3) is 3.33. The highest BCUT2D eigenvalue weighted by atomic mass is 35.5. The van der Waals surface area contributed by atoms with Gasteiger partial charge in [0.2, 0.25) is 0 Å². The van der Waals surface area contributed by atoms with Gasteiger partial charge in [0.25, 0.3) is 0 Å². The standard InChI is InChI=1S/C23H17ClO5/c24-16-9-14-11-26-13-28-22(14)15(10-16)12-27-23(25)21-17-5-1-3-7-19(17)29-20-8-4-2-6-18(20)21/h1-10,21H,11-13H2. The molecule has 0 unspecified atom stereocenters. The van der Waals surface area contributed by atoms with Crippen molar-refractivity contribution >= 4 is 17.6 Å². The molecular formula is C23H17ClO5. The van der Waals surface area contributed by atoms with E-state index in [4.69, 9.17) is 30.5 Å². The Bertz CT molecular complexity index is 1050. The quantitative estimate of drug-likeness (QED) is 0.558. The van der Waals surface area contributed by atoms with Crippen LogP contribution in [0.25, 0.3) is 0 Å². The van der Waals surface area contributed by atoms with Gasteiger partial charge in [-0.1, -0.05) is 48.0 Å². The number of hydrogen-bond acceptors (Lipinski definition) is 5. The Balaban J connectivity index is 1.45. The van der Waals surface area contributed by atoms with Crippen LogP contribution in [-0.4, -0.2) is 12.8 Å². The summed E-state index contributed by atoms with van der Waals surface area (Å²) in [5.74, 6) is 1.08. The lowest BCUT2D eigenvalue weighted by Gasteiger charge is -2.27. The average molecular weight is 409 g/mol. The molecule has 0 saturated carbocycles. The molecule has 0 spiro atoms. The van der Waals surface area contributed by atoms with E-state index in [1.807, 2.05) is 48.5 Å². The van der Waals surface area contributed by atoms with Gasteiger partial charge in [-0.3, -0.25) is 4.79 Å². The van der Waals surface area contributed by atoms with E-state index in [0.29, 0.717) is 28.9 Å². The van der Waals surface area contributed by atoms with Gasteiger partial charge in [-0.25, -0.2) is 0 Å². The normalized spacial score (nSPS) is 14.7. The molecule has 0 radical (unpaired) electrons. The second kappa shape index (κ2) is 7.43. The van der Waals surface area contributed by atoms with Crippen LogP contribution < -0.4 is 9.47 Å². The number of fused-ring (bicyclic) bond motifs is 3. The minimum absolute atomic E-state index is 0.0589. The van der Waals surface area contributed by atoms with E-state index in [2.05, 4.69) is 0 Å². The lowest BCUT2D eigenvalue weighted by molar-refractivity contribution is -0.146. The third-order valence-corrected chi connectivity index (χ3v) is 5.26. The van der Waals surface area contributed by atoms with Crippen molar-refractivity contribution in [2.75, 3.05) is 6.79 Å². The largest absolute Gasteiger partial charge is 0.467 e. The van der Waals surface area contributed by atoms with Crippen molar-refractivity contribution in [1.29, 1.82) is 0 Å². The zero-order valence-electron chi connectivity index (χ0n) is 15.4. The molecule has 2 aliphatic rings. The van der Waals surface area contributed by atoms with Gasteiger partial charge in [0, 0.05) is 27.3 Å². The lowest BCUT2D eigenvalue weighted by atomic mass is 9.88. The molecule has 2 aliphatic heterocycles. The first-order chi connectivity index (χ1) is 14.2. The highest BCUT2D eigenvalue weighted by Gasteiger charge is 2.33. The molecular weight excluding hydrogens is 392 g/mol. The minimum atomic E-state index is -0.560. The van der Waals surface area contributed by atoms with Gasteiger partial charge in [-0.05, 0) is 24.3 Å². The monoisotopic (exact) mass is 408 g/mol. The third-order valence-electron chi connectivity index (χ3n) is 5.04. The molecule has 5 rings (SSSR count). The van der Waals surface area contributed by atoms with Crippen molar-refractivity contribution < 1.29 is 23.7 Å². The Labute approximate surface area is 172 Å². The first-order valence-corrected chi connectivity index (χ1v) is 9.62. The van der Waals surface area contributed by atoms with Crippen LogP contribution in [-0.2, 0) is 27.5 Å². The highest BCUT2D eigenvalue weighted by molar-refractivity contribution is 6.30. The van der Waals surface area contributed by atoms with Gasteiger partial charge >= 0.3 is 5.97 Å². The number of esters is 1. The van der Waals surface area contributed by atoms with E-state index >= 15 is 0 Å². The summed E-state index contributed by atoms with van der Waals surface area (Å²) in [5, 5.41) is 0.547. The van der Waals surface area contributed by atoms with Crippen molar-refractivity contribution in [1.82, 2.24) is 0 Å². The number of halogens is 1. The summed E-state index contributed by atoms with van der Waals surface area (Å²) >= 11 is 6.21. The van der Waals surface area contributed by atoms with Crippen molar-refractivity contribution in [2.24, 2.45) is 0 Å². The molecule has 3 aromatic rings. The Morgan fingerprint density at radius 1 is 1.03 bits per heavy atom. The van der Waals surface area contributed by atoms with Crippen LogP contribution in [0.2, 0.25) is 5.02 Å². The zero-order valence-corrected chi connectivity index (χ0v) is 16.1. The maximum Gasteiger partial charge on any atom is 0.318 e. The number of rotatable bonds is 3. The van der Waals surface area contributed by atoms with Crippen LogP contribution in [0.4, 0.5) is 0 Å². The molecule has 29 heavy (non-hydrogen) atoms. The topological polar surface area (TPSA) is 54.0 Å². The van der Waals surface area contributed by atoms with Crippen molar-refractivity contribution in [2.45, 2.75) is 19.1 Å². The van der Waals surface area contributed by atoms with Crippen molar-refractivity contribution in [3.8, 4) is 17.2 Å². The Morgan fingerprint density at radius 2 is 1.72 bits per heavy atom. The molecule has 0 atom stereocenters. The number of carbonyl (C=O) groups excluding carboxylic acids is 1. The molecule has 0 amide bonds. The van der Waals surface area contributed by atoms with E-state index < -0.39 is 5.92 Å². The summed E-state index contributed by atoms with van der Waals surface area (Å²) in [6.07, 6.45) is 0. The van der Waals surface area contributed by atoms with E-state index in [1.54, 1.807) is 12.1 Å². The summed E-state index contributed by atoms with van der Waals surface area (Å²) in [7, 11) is 0. The maximum absolute atomic E-state index is 13.2. The molecule has 0 saturated heterocycles. The van der Waals surface area contributed by atoms with Crippen LogP contribution >= 0.6 is 11.6 Å². The van der Waals surface area contributed by atoms with E-state index in [-0.39, 0.29) is 19.4 Å². The second-order valence-electron chi connectivity index (χ2n) is 6.88. The van der Waals surface area contributed by atoms with Gasteiger partial charge in [-0.2, -0.15) is 0 Å². The summed E-state index contributed by atoms with van der Waals surface area (Å²) in [4.78, 5) is 13.2. The number of benzene rings is 3. The fraction of sp³-hybridized carbons (Fsp3) is 0.174. The molecule has 0 aromatic heterocycles. The molecule has 0 N–H and O–H groups in total. The molecule has 0 bridgehead atoms. The average Bonchev–Trinajstić information content (AvgIpc) is 2.75. The van der Waals surface area contributed by atoms with E-state index in [0.717, 1.165) is 22.3 Å². The molecule has 146 valence electrons. The van der Waals surface area contributed by atoms with E-state index in [9.17, 15) is 4.79 Å². The Hall–Kier alpha value is -3.02. The summed E-state index contributed by atoms with van der Waals surface area (Å²) in [5.41, 5.74) is 3.14. The number of para-hydroxylation sites is 2. The van der Waals surface area contributed by atoms with Crippen LogP contribution in [0.15, 0.2) is 60.7 Å². The van der Waals surface area contributed by atoms with Crippen LogP contribution in [0.5, 0.6) is 17.2 Å². The fourth-order valence-corrected chi connectivity index (χ4v) is 4.02. The summed E-state index contributed by atoms with van der Waals surface area (Å²) in [6.45, 7) is 0.636. The number of hydrogen-bond donors (Lipinski definition) is 0. The Morgan fingerprint density at radius 3 is 2.45 bits per heavy atom. The predicted molar refractivity (Wildman–Crippen MR) is 106 cm³/mol. The number of ether oxygens (including phenoxy) is 4. The highest BCUT2D eigenvalue weighted by Crippen LogP contribution is 2.44. The molecule has 5 nitrogen and oxygen atoms in total.